The fourth-order valence-electron chi connectivity index (χ4n) is 3.27. The summed E-state index contributed by atoms with van der Waals surface area (Å²) in [7, 11) is -3.45. The first kappa shape index (κ1) is 15.0. The number of benzene rings is 1. The summed E-state index contributed by atoms with van der Waals surface area (Å²) in [5, 5.41) is 12.6. The van der Waals surface area contributed by atoms with Crippen LogP contribution in [0.3, 0.4) is 0 Å². The van der Waals surface area contributed by atoms with E-state index in [1.165, 1.54) is 0 Å². The molecule has 2 aliphatic heterocycles. The number of nitrogens with zero attached hydrogens (tertiary/aromatic N) is 1. The summed E-state index contributed by atoms with van der Waals surface area (Å²) in [5.41, 5.74) is 2.04. The largest absolute Gasteiger partial charge is 0.396 e. The summed E-state index contributed by atoms with van der Waals surface area (Å²) < 4.78 is 27.4. The van der Waals surface area contributed by atoms with Gasteiger partial charge in [-0.15, -0.1) is 0 Å². The van der Waals surface area contributed by atoms with Crippen molar-refractivity contribution < 1.29 is 13.5 Å². The molecule has 1 aromatic carbocycles. The average Bonchev–Trinajstić information content (AvgIpc) is 2.54. The molecule has 0 amide bonds. The van der Waals surface area contributed by atoms with E-state index in [-0.39, 0.29) is 12.5 Å². The minimum Gasteiger partial charge on any atom is -0.396 e. The van der Waals surface area contributed by atoms with Crippen LogP contribution in [-0.2, 0) is 23.0 Å². The molecule has 1 unspecified atom stereocenters. The maximum Gasteiger partial charge on any atom is 0.243 e. The summed E-state index contributed by atoms with van der Waals surface area (Å²) >= 11 is 0. The summed E-state index contributed by atoms with van der Waals surface area (Å²) in [6.07, 6.45) is 2.47. The standard InChI is InChI=1S/C15H22N2O3S/c18-11-12-3-2-8-17(10-12)21(19,20)15-5-1-4-13-9-16-7-6-14(13)15/h1,4-5,12,16,18H,2-3,6-11H2. The van der Waals surface area contributed by atoms with Crippen molar-refractivity contribution in [2.75, 3.05) is 26.2 Å². The molecule has 116 valence electrons. The molecule has 1 atom stereocenters. The molecule has 0 saturated carbocycles. The van der Waals surface area contributed by atoms with Crippen LogP contribution in [-0.4, -0.2) is 44.1 Å². The lowest BCUT2D eigenvalue weighted by Gasteiger charge is -2.32. The third kappa shape index (κ3) is 2.85. The van der Waals surface area contributed by atoms with Crippen LogP contribution in [0.4, 0.5) is 0 Å². The van der Waals surface area contributed by atoms with Crippen LogP contribution in [0.15, 0.2) is 23.1 Å². The SMILES string of the molecule is O=S(=O)(c1cccc2c1CCNC2)N1CCCC(CO)C1. The van der Waals surface area contributed by atoms with Gasteiger partial charge in [-0.2, -0.15) is 4.31 Å². The lowest BCUT2D eigenvalue weighted by molar-refractivity contribution is 0.165. The van der Waals surface area contributed by atoms with Gasteiger partial charge in [-0.1, -0.05) is 12.1 Å². The molecule has 0 radical (unpaired) electrons. The number of aliphatic hydroxyl groups excluding tert-OH is 1. The summed E-state index contributed by atoms with van der Waals surface area (Å²) in [6, 6.07) is 5.54. The van der Waals surface area contributed by atoms with Gasteiger partial charge in [0.05, 0.1) is 4.90 Å². The molecule has 1 saturated heterocycles. The van der Waals surface area contributed by atoms with Crippen LogP contribution < -0.4 is 5.32 Å². The van der Waals surface area contributed by atoms with E-state index in [0.717, 1.165) is 43.5 Å². The number of rotatable bonds is 3. The van der Waals surface area contributed by atoms with Crippen molar-refractivity contribution in [3.63, 3.8) is 0 Å². The Morgan fingerprint density at radius 1 is 1.38 bits per heavy atom. The highest BCUT2D eigenvalue weighted by atomic mass is 32.2. The molecule has 1 aromatic rings. The van der Waals surface area contributed by atoms with Gasteiger partial charge in [0, 0.05) is 26.2 Å². The zero-order valence-corrected chi connectivity index (χ0v) is 12.9. The van der Waals surface area contributed by atoms with Gasteiger partial charge in [0.2, 0.25) is 10.0 Å². The van der Waals surface area contributed by atoms with Crippen LogP contribution in [0, 0.1) is 5.92 Å². The minimum atomic E-state index is -3.45. The van der Waals surface area contributed by atoms with Gasteiger partial charge < -0.3 is 10.4 Å². The van der Waals surface area contributed by atoms with Crippen LogP contribution in [0.25, 0.3) is 0 Å². The molecule has 0 spiro atoms. The van der Waals surface area contributed by atoms with Gasteiger partial charge in [-0.3, -0.25) is 0 Å². The van der Waals surface area contributed by atoms with Gasteiger partial charge in [-0.05, 0) is 48.9 Å². The highest BCUT2D eigenvalue weighted by Gasteiger charge is 2.32. The van der Waals surface area contributed by atoms with Crippen LogP contribution >= 0.6 is 0 Å². The number of fused-ring (bicyclic) bond motifs is 1. The highest BCUT2D eigenvalue weighted by molar-refractivity contribution is 7.89. The Balaban J connectivity index is 1.95. The Hall–Kier alpha value is -0.950. The topological polar surface area (TPSA) is 69.6 Å². The Morgan fingerprint density at radius 2 is 2.24 bits per heavy atom. The third-order valence-corrected chi connectivity index (χ3v) is 6.40. The first-order chi connectivity index (χ1) is 10.1. The molecule has 2 aliphatic rings. The monoisotopic (exact) mass is 310 g/mol. The van der Waals surface area contributed by atoms with E-state index in [1.807, 2.05) is 12.1 Å². The molecular weight excluding hydrogens is 288 g/mol. The number of sulfonamides is 1. The van der Waals surface area contributed by atoms with Crippen molar-refractivity contribution in [2.45, 2.75) is 30.7 Å². The predicted molar refractivity (Wildman–Crippen MR) is 80.4 cm³/mol. The summed E-state index contributed by atoms with van der Waals surface area (Å²) in [6.45, 7) is 2.60. The molecule has 2 N–H and O–H groups in total. The zero-order valence-electron chi connectivity index (χ0n) is 12.1. The van der Waals surface area contributed by atoms with Crippen molar-refractivity contribution >= 4 is 10.0 Å². The first-order valence-corrected chi connectivity index (χ1v) is 8.99. The van der Waals surface area contributed by atoms with Crippen molar-refractivity contribution in [2.24, 2.45) is 5.92 Å². The number of nitrogens with one attached hydrogen (secondary N) is 1. The maximum atomic E-state index is 12.9. The molecule has 6 heteroatoms. The van der Waals surface area contributed by atoms with Crippen LogP contribution in [0.2, 0.25) is 0 Å². The smallest absolute Gasteiger partial charge is 0.243 e. The number of aliphatic hydroxyl groups is 1. The third-order valence-electron chi connectivity index (χ3n) is 4.46. The van der Waals surface area contributed by atoms with Gasteiger partial charge in [0.15, 0.2) is 0 Å². The molecule has 0 aromatic heterocycles. The number of hydrogen-bond donors (Lipinski definition) is 2. The van der Waals surface area contributed by atoms with E-state index in [2.05, 4.69) is 5.32 Å². The Kier molecular flexibility index (Phi) is 4.31. The Labute approximate surface area is 126 Å². The molecule has 0 bridgehead atoms. The molecule has 2 heterocycles. The normalized spacial score (nSPS) is 23.8. The number of hydrogen-bond acceptors (Lipinski definition) is 4. The highest BCUT2D eigenvalue weighted by Crippen LogP contribution is 2.28. The van der Waals surface area contributed by atoms with E-state index < -0.39 is 10.0 Å². The second-order valence-corrected chi connectivity index (χ2v) is 7.78. The van der Waals surface area contributed by atoms with E-state index in [1.54, 1.807) is 10.4 Å². The van der Waals surface area contributed by atoms with E-state index in [9.17, 15) is 13.5 Å². The second kappa shape index (κ2) is 6.04. The first-order valence-electron chi connectivity index (χ1n) is 7.55. The van der Waals surface area contributed by atoms with Crippen LogP contribution in [0.1, 0.15) is 24.0 Å². The minimum absolute atomic E-state index is 0.0584. The molecule has 5 nitrogen and oxygen atoms in total. The lowest BCUT2D eigenvalue weighted by Crippen LogP contribution is -2.41. The van der Waals surface area contributed by atoms with Crippen molar-refractivity contribution in [1.82, 2.24) is 9.62 Å². The van der Waals surface area contributed by atoms with Crippen molar-refractivity contribution in [3.8, 4) is 0 Å². The van der Waals surface area contributed by atoms with Gasteiger partial charge >= 0.3 is 0 Å². The summed E-state index contributed by atoms with van der Waals surface area (Å²) in [5.74, 6) is 0.0646. The average molecular weight is 310 g/mol. The zero-order chi connectivity index (χ0) is 14.9. The van der Waals surface area contributed by atoms with Crippen LogP contribution in [0.5, 0.6) is 0 Å². The quantitative estimate of drug-likeness (QED) is 0.863. The van der Waals surface area contributed by atoms with Gasteiger partial charge in [0.25, 0.3) is 0 Å². The van der Waals surface area contributed by atoms with Gasteiger partial charge in [-0.25, -0.2) is 8.42 Å². The Morgan fingerprint density at radius 3 is 3.05 bits per heavy atom. The molecule has 1 fully saturated rings. The lowest BCUT2D eigenvalue weighted by atomic mass is 10.0. The molecule has 0 aliphatic carbocycles. The number of piperidine rings is 1. The Bertz CT molecular complexity index is 615. The fraction of sp³-hybridized carbons (Fsp3) is 0.600. The van der Waals surface area contributed by atoms with Crippen molar-refractivity contribution in [3.05, 3.63) is 29.3 Å². The van der Waals surface area contributed by atoms with E-state index in [4.69, 9.17) is 0 Å². The van der Waals surface area contributed by atoms with Gasteiger partial charge in [0.1, 0.15) is 0 Å². The fourth-order valence-corrected chi connectivity index (χ4v) is 5.12. The maximum absolute atomic E-state index is 12.9. The van der Waals surface area contributed by atoms with E-state index >= 15 is 0 Å². The molecular formula is C15H22N2O3S. The molecule has 3 rings (SSSR count). The van der Waals surface area contributed by atoms with E-state index in [0.29, 0.717) is 18.0 Å². The predicted octanol–water partition coefficient (Wildman–Crippen LogP) is 0.725. The molecule has 21 heavy (non-hydrogen) atoms. The van der Waals surface area contributed by atoms with Crippen molar-refractivity contribution in [1.29, 1.82) is 0 Å². The second-order valence-electron chi connectivity index (χ2n) is 5.87. The summed E-state index contributed by atoms with van der Waals surface area (Å²) in [4.78, 5) is 0.458.